The van der Waals surface area contributed by atoms with E-state index in [1.807, 2.05) is 13.8 Å². The van der Waals surface area contributed by atoms with Crippen LogP contribution in [0.4, 0.5) is 13.2 Å². The zero-order valence-corrected chi connectivity index (χ0v) is 9.86. The zero-order valence-electron chi connectivity index (χ0n) is 9.11. The number of pyridine rings is 1. The van der Waals surface area contributed by atoms with Gasteiger partial charge in [-0.25, -0.2) is 0 Å². The highest BCUT2D eigenvalue weighted by Crippen LogP contribution is 2.26. The zero-order chi connectivity index (χ0) is 12.3. The summed E-state index contributed by atoms with van der Waals surface area (Å²) < 4.78 is 36.4. The first-order valence-electron chi connectivity index (χ1n) is 4.98. The third-order valence-electron chi connectivity index (χ3n) is 1.99. The Morgan fingerprint density at radius 2 is 2.00 bits per heavy atom. The SMILES string of the molecule is CC(C)Cc1cc(Cl)c(CC(F)(F)F)cn1. The van der Waals surface area contributed by atoms with E-state index < -0.39 is 12.6 Å². The lowest BCUT2D eigenvalue weighted by Gasteiger charge is -2.10. The van der Waals surface area contributed by atoms with Gasteiger partial charge in [-0.1, -0.05) is 25.4 Å². The van der Waals surface area contributed by atoms with Crippen LogP contribution in [0.1, 0.15) is 25.1 Å². The van der Waals surface area contributed by atoms with Crippen molar-refractivity contribution >= 4 is 11.6 Å². The van der Waals surface area contributed by atoms with Crippen LogP contribution in [-0.2, 0) is 12.8 Å². The van der Waals surface area contributed by atoms with Crippen LogP contribution in [0.3, 0.4) is 0 Å². The summed E-state index contributed by atoms with van der Waals surface area (Å²) in [6, 6.07) is 1.52. The van der Waals surface area contributed by atoms with Crippen LogP contribution in [0.25, 0.3) is 0 Å². The number of nitrogens with zero attached hydrogens (tertiary/aromatic N) is 1. The fraction of sp³-hybridized carbons (Fsp3) is 0.545. The van der Waals surface area contributed by atoms with E-state index in [1.54, 1.807) is 0 Å². The molecule has 0 spiro atoms. The van der Waals surface area contributed by atoms with E-state index in [9.17, 15) is 13.2 Å². The summed E-state index contributed by atoms with van der Waals surface area (Å²) >= 11 is 5.78. The molecule has 0 amide bonds. The molecule has 0 radical (unpaired) electrons. The van der Waals surface area contributed by atoms with Crippen LogP contribution >= 0.6 is 11.6 Å². The van der Waals surface area contributed by atoms with Gasteiger partial charge in [-0.15, -0.1) is 0 Å². The summed E-state index contributed by atoms with van der Waals surface area (Å²) in [5.41, 5.74) is 0.757. The maximum atomic E-state index is 12.1. The Kier molecular flexibility index (Phi) is 4.19. The molecule has 0 aliphatic heterocycles. The van der Waals surface area contributed by atoms with Crippen molar-refractivity contribution in [2.45, 2.75) is 32.9 Å². The lowest BCUT2D eigenvalue weighted by Crippen LogP contribution is -2.12. The van der Waals surface area contributed by atoms with Gasteiger partial charge >= 0.3 is 6.18 Å². The van der Waals surface area contributed by atoms with Gasteiger partial charge in [0.1, 0.15) is 0 Å². The lowest BCUT2D eigenvalue weighted by molar-refractivity contribution is -0.127. The molecule has 0 saturated carbocycles. The van der Waals surface area contributed by atoms with E-state index >= 15 is 0 Å². The number of aromatic nitrogens is 1. The second-order valence-corrected chi connectivity index (χ2v) is 4.56. The van der Waals surface area contributed by atoms with E-state index in [0.29, 0.717) is 12.3 Å². The molecule has 16 heavy (non-hydrogen) atoms. The highest BCUT2D eigenvalue weighted by molar-refractivity contribution is 6.31. The van der Waals surface area contributed by atoms with Gasteiger partial charge in [-0.05, 0) is 24.0 Å². The number of hydrogen-bond donors (Lipinski definition) is 0. The van der Waals surface area contributed by atoms with Crippen LogP contribution in [-0.4, -0.2) is 11.2 Å². The molecule has 1 nitrogen and oxygen atoms in total. The highest BCUT2D eigenvalue weighted by atomic mass is 35.5. The fourth-order valence-corrected chi connectivity index (χ4v) is 1.62. The lowest BCUT2D eigenvalue weighted by atomic mass is 10.1. The largest absolute Gasteiger partial charge is 0.393 e. The van der Waals surface area contributed by atoms with Gasteiger partial charge in [0, 0.05) is 16.9 Å². The number of hydrogen-bond acceptors (Lipinski definition) is 1. The van der Waals surface area contributed by atoms with Crippen molar-refractivity contribution in [2.24, 2.45) is 5.92 Å². The van der Waals surface area contributed by atoms with Gasteiger partial charge in [0.2, 0.25) is 0 Å². The molecular weight excluding hydrogens is 239 g/mol. The number of halogens is 4. The van der Waals surface area contributed by atoms with Crippen molar-refractivity contribution in [2.75, 3.05) is 0 Å². The maximum Gasteiger partial charge on any atom is 0.393 e. The Morgan fingerprint density at radius 1 is 1.38 bits per heavy atom. The van der Waals surface area contributed by atoms with Crippen molar-refractivity contribution in [3.8, 4) is 0 Å². The standard InChI is InChI=1S/C11H13ClF3N/c1-7(2)3-9-4-10(12)8(6-16-9)5-11(13,14)15/h4,6-7H,3,5H2,1-2H3. The van der Waals surface area contributed by atoms with Crippen molar-refractivity contribution in [3.63, 3.8) is 0 Å². The van der Waals surface area contributed by atoms with Gasteiger partial charge in [-0.3, -0.25) is 4.98 Å². The summed E-state index contributed by atoms with van der Waals surface area (Å²) in [6.07, 6.45) is -3.34. The van der Waals surface area contributed by atoms with Crippen LogP contribution in [0.2, 0.25) is 5.02 Å². The third-order valence-corrected chi connectivity index (χ3v) is 2.35. The van der Waals surface area contributed by atoms with Crippen molar-refractivity contribution in [1.29, 1.82) is 0 Å². The Bertz CT molecular complexity index is 361. The van der Waals surface area contributed by atoms with Gasteiger partial charge in [0.05, 0.1) is 6.42 Å². The normalized spacial score (nSPS) is 12.2. The highest BCUT2D eigenvalue weighted by Gasteiger charge is 2.28. The predicted molar refractivity (Wildman–Crippen MR) is 57.5 cm³/mol. The van der Waals surface area contributed by atoms with Crippen molar-refractivity contribution < 1.29 is 13.2 Å². The number of alkyl halides is 3. The first-order chi connectivity index (χ1) is 7.28. The molecule has 5 heteroatoms. The minimum Gasteiger partial charge on any atom is -0.261 e. The first-order valence-corrected chi connectivity index (χ1v) is 5.36. The average Bonchev–Trinajstić information content (AvgIpc) is 2.06. The first kappa shape index (κ1) is 13.3. The fourth-order valence-electron chi connectivity index (χ4n) is 1.37. The second-order valence-electron chi connectivity index (χ2n) is 4.16. The van der Waals surface area contributed by atoms with Crippen LogP contribution in [0, 0.1) is 5.92 Å². The predicted octanol–water partition coefficient (Wildman–Crippen LogP) is 4.04. The minimum absolute atomic E-state index is 0.0293. The summed E-state index contributed by atoms with van der Waals surface area (Å²) in [5.74, 6) is 0.400. The van der Waals surface area contributed by atoms with Gasteiger partial charge in [0.15, 0.2) is 0 Å². The van der Waals surface area contributed by atoms with Crippen molar-refractivity contribution in [1.82, 2.24) is 4.98 Å². The Balaban J connectivity index is 2.83. The van der Waals surface area contributed by atoms with Gasteiger partial charge in [-0.2, -0.15) is 13.2 Å². The van der Waals surface area contributed by atoms with Gasteiger partial charge in [0.25, 0.3) is 0 Å². The topological polar surface area (TPSA) is 12.9 Å². The molecule has 0 aromatic carbocycles. The third kappa shape index (κ3) is 4.39. The molecule has 0 bridgehead atoms. The molecule has 1 aromatic heterocycles. The molecule has 0 N–H and O–H groups in total. The minimum atomic E-state index is -4.25. The molecule has 1 aromatic rings. The van der Waals surface area contributed by atoms with E-state index in [0.717, 1.165) is 5.69 Å². The molecule has 0 fully saturated rings. The smallest absolute Gasteiger partial charge is 0.261 e. The van der Waals surface area contributed by atoms with E-state index in [1.165, 1.54) is 12.3 Å². The molecular formula is C11H13ClF3N. The molecule has 0 saturated heterocycles. The van der Waals surface area contributed by atoms with Crippen LogP contribution < -0.4 is 0 Å². The molecule has 0 aliphatic rings. The number of rotatable bonds is 3. The molecule has 90 valence electrons. The monoisotopic (exact) mass is 251 g/mol. The molecule has 1 heterocycles. The molecule has 0 aliphatic carbocycles. The van der Waals surface area contributed by atoms with E-state index in [-0.39, 0.29) is 10.6 Å². The maximum absolute atomic E-state index is 12.1. The van der Waals surface area contributed by atoms with E-state index in [2.05, 4.69) is 4.98 Å². The van der Waals surface area contributed by atoms with Crippen molar-refractivity contribution in [3.05, 3.63) is 28.5 Å². The van der Waals surface area contributed by atoms with Crippen LogP contribution in [0.5, 0.6) is 0 Å². The average molecular weight is 252 g/mol. The molecule has 0 atom stereocenters. The Hall–Kier alpha value is -0.770. The Labute approximate surface area is 97.6 Å². The quantitative estimate of drug-likeness (QED) is 0.790. The summed E-state index contributed by atoms with van der Waals surface area (Å²) in [5, 5.41) is 0.142. The Morgan fingerprint density at radius 3 is 2.44 bits per heavy atom. The summed E-state index contributed by atoms with van der Waals surface area (Å²) in [4.78, 5) is 3.98. The summed E-state index contributed by atoms with van der Waals surface area (Å²) in [6.45, 7) is 4.03. The molecule has 0 unspecified atom stereocenters. The second kappa shape index (κ2) is 5.04. The van der Waals surface area contributed by atoms with Gasteiger partial charge < -0.3 is 0 Å². The van der Waals surface area contributed by atoms with E-state index in [4.69, 9.17) is 11.6 Å². The summed E-state index contributed by atoms with van der Waals surface area (Å²) in [7, 11) is 0. The van der Waals surface area contributed by atoms with Crippen LogP contribution in [0.15, 0.2) is 12.3 Å². The molecule has 1 rings (SSSR count).